The van der Waals surface area contributed by atoms with E-state index in [1.807, 2.05) is 0 Å². The second-order valence-electron chi connectivity index (χ2n) is 14.0. The maximum Gasteiger partial charge on any atom is 0.247 e. The van der Waals surface area contributed by atoms with Crippen molar-refractivity contribution in [3.05, 3.63) is 222 Å². The third kappa shape index (κ3) is 3.85. The molecule has 0 atom stereocenters. The lowest BCUT2D eigenvalue weighted by atomic mass is 9.29. The van der Waals surface area contributed by atoms with Gasteiger partial charge in [0.25, 0.3) is 0 Å². The van der Waals surface area contributed by atoms with Gasteiger partial charge in [-0.1, -0.05) is 163 Å². The fourth-order valence-corrected chi connectivity index (χ4v) is 9.62. The Bertz CT molecular complexity index is 2710. The van der Waals surface area contributed by atoms with E-state index >= 15 is 0 Å². The molecule has 0 amide bonds. The summed E-state index contributed by atoms with van der Waals surface area (Å²) in [5, 5.41) is 2.59. The first kappa shape index (κ1) is 29.2. The van der Waals surface area contributed by atoms with E-state index < -0.39 is 5.41 Å². The Morgan fingerprint density at radius 2 is 0.981 bits per heavy atom. The molecule has 242 valence electrons. The van der Waals surface area contributed by atoms with E-state index in [1.165, 1.54) is 71.8 Å². The minimum atomic E-state index is -0.632. The zero-order valence-electron chi connectivity index (χ0n) is 28.5. The second kappa shape index (κ2) is 11.2. The first-order valence-electron chi connectivity index (χ1n) is 18.2. The van der Waals surface area contributed by atoms with E-state index in [0.29, 0.717) is 0 Å². The van der Waals surface area contributed by atoms with Crippen LogP contribution in [0.4, 0.5) is 17.1 Å². The molecule has 9 aromatic rings. The summed E-state index contributed by atoms with van der Waals surface area (Å²) in [5.74, 6) is 0. The molecule has 0 radical (unpaired) electrons. The van der Waals surface area contributed by atoms with Crippen LogP contribution in [0.25, 0.3) is 27.5 Å². The molecule has 52 heavy (non-hydrogen) atoms. The van der Waals surface area contributed by atoms with Crippen molar-refractivity contribution in [3.63, 3.8) is 0 Å². The number of fused-ring (bicyclic) bond motifs is 7. The van der Waals surface area contributed by atoms with Crippen molar-refractivity contribution in [1.29, 1.82) is 0 Å². The SMILES string of the molecule is c1ccc(N(c2ccccc2)c2ccc3c4c2C(c2ccccc2)(c2ccccc2)c2ccccc2B4c2cccc4c5ccccc5n-3c24)cc1. The molecule has 0 unspecified atom stereocenters. The van der Waals surface area contributed by atoms with Crippen LogP contribution in [0.5, 0.6) is 0 Å². The summed E-state index contributed by atoms with van der Waals surface area (Å²) in [6.45, 7) is 0.0376. The smallest absolute Gasteiger partial charge is 0.247 e. The molecule has 0 spiro atoms. The van der Waals surface area contributed by atoms with Crippen molar-refractivity contribution >= 4 is 62.0 Å². The summed E-state index contributed by atoms with van der Waals surface area (Å²) in [6, 6.07) is 74.1. The van der Waals surface area contributed by atoms with Crippen molar-refractivity contribution < 1.29 is 0 Å². The van der Waals surface area contributed by atoms with Gasteiger partial charge in [0.2, 0.25) is 6.71 Å². The van der Waals surface area contributed by atoms with Gasteiger partial charge in [0.15, 0.2) is 0 Å². The van der Waals surface area contributed by atoms with Gasteiger partial charge in [-0.2, -0.15) is 0 Å². The van der Waals surface area contributed by atoms with Gasteiger partial charge < -0.3 is 9.47 Å². The Morgan fingerprint density at radius 1 is 0.442 bits per heavy atom. The lowest BCUT2D eigenvalue weighted by molar-refractivity contribution is 0.749. The molecule has 3 heteroatoms. The van der Waals surface area contributed by atoms with Gasteiger partial charge >= 0.3 is 0 Å². The molecule has 2 aliphatic heterocycles. The molecular weight excluding hydrogens is 627 g/mol. The van der Waals surface area contributed by atoms with Gasteiger partial charge in [-0.25, -0.2) is 0 Å². The Hall–Kier alpha value is -6.58. The zero-order valence-corrected chi connectivity index (χ0v) is 28.5. The maximum absolute atomic E-state index is 2.56. The van der Waals surface area contributed by atoms with Crippen LogP contribution in [0.2, 0.25) is 0 Å². The number of benzene rings is 8. The molecule has 1 aromatic heterocycles. The molecule has 2 nitrogen and oxygen atoms in total. The molecule has 0 fully saturated rings. The average molecular weight is 661 g/mol. The minimum absolute atomic E-state index is 0.0376. The third-order valence-electron chi connectivity index (χ3n) is 11.5. The fourth-order valence-electron chi connectivity index (χ4n) is 9.62. The Balaban J connectivity index is 1.40. The van der Waals surface area contributed by atoms with E-state index in [-0.39, 0.29) is 6.71 Å². The van der Waals surface area contributed by atoms with Gasteiger partial charge in [-0.05, 0) is 75.6 Å². The number of anilines is 3. The number of aromatic nitrogens is 1. The van der Waals surface area contributed by atoms with Crippen molar-refractivity contribution in [1.82, 2.24) is 4.57 Å². The molecule has 0 aliphatic carbocycles. The third-order valence-corrected chi connectivity index (χ3v) is 11.5. The molecule has 11 rings (SSSR count). The topological polar surface area (TPSA) is 8.17 Å². The lowest BCUT2D eigenvalue weighted by Gasteiger charge is -2.48. The predicted octanol–water partition coefficient (Wildman–Crippen LogP) is 9.78. The van der Waals surface area contributed by atoms with Crippen molar-refractivity contribution in [3.8, 4) is 5.69 Å². The van der Waals surface area contributed by atoms with Crippen LogP contribution in [0.15, 0.2) is 200 Å². The van der Waals surface area contributed by atoms with E-state index in [4.69, 9.17) is 0 Å². The first-order chi connectivity index (χ1) is 25.9. The number of para-hydroxylation sites is 4. The molecule has 0 saturated carbocycles. The molecule has 2 aliphatic rings. The monoisotopic (exact) mass is 660 g/mol. The number of hydrogen-bond donors (Lipinski definition) is 0. The molecular formula is C49H33BN2. The van der Waals surface area contributed by atoms with Gasteiger partial charge in [0.1, 0.15) is 0 Å². The van der Waals surface area contributed by atoms with Gasteiger partial charge in [-0.3, -0.25) is 0 Å². The highest BCUT2D eigenvalue weighted by atomic mass is 15.1. The summed E-state index contributed by atoms with van der Waals surface area (Å²) in [4.78, 5) is 2.48. The summed E-state index contributed by atoms with van der Waals surface area (Å²) in [7, 11) is 0. The molecule has 0 bridgehead atoms. The number of rotatable bonds is 5. The van der Waals surface area contributed by atoms with Crippen LogP contribution in [-0.2, 0) is 5.41 Å². The van der Waals surface area contributed by atoms with Crippen molar-refractivity contribution in [2.24, 2.45) is 0 Å². The highest BCUT2D eigenvalue weighted by molar-refractivity contribution is 6.99. The summed E-state index contributed by atoms with van der Waals surface area (Å²) >= 11 is 0. The van der Waals surface area contributed by atoms with Crippen LogP contribution < -0.4 is 21.3 Å². The summed E-state index contributed by atoms with van der Waals surface area (Å²) in [5.41, 5.74) is 15.8. The van der Waals surface area contributed by atoms with Crippen molar-refractivity contribution in [2.45, 2.75) is 5.41 Å². The standard InChI is InChI=1S/C49H33BN2/c1-5-18-34(19-6-1)49(35-20-7-2-8-21-35)40-28-14-15-29-41(40)50-42-30-17-27-39-38-26-13-16-31-43(38)52(48(39)42)45-33-32-44(46(49)47(45)50)51(36-22-9-3-10-23-36)37-24-11-4-12-25-37/h1-33H. The average Bonchev–Trinajstić information content (AvgIpc) is 3.56. The van der Waals surface area contributed by atoms with Crippen LogP contribution in [0.1, 0.15) is 22.3 Å². The normalized spacial score (nSPS) is 13.5. The van der Waals surface area contributed by atoms with Crippen LogP contribution in [0.3, 0.4) is 0 Å². The number of hydrogen-bond acceptors (Lipinski definition) is 1. The van der Waals surface area contributed by atoms with Crippen LogP contribution in [-0.4, -0.2) is 11.3 Å². The first-order valence-corrected chi connectivity index (χ1v) is 18.2. The molecule has 0 saturated heterocycles. The highest BCUT2D eigenvalue weighted by Crippen LogP contribution is 2.52. The largest absolute Gasteiger partial charge is 0.310 e. The summed E-state index contributed by atoms with van der Waals surface area (Å²) < 4.78 is 2.56. The Labute approximate surface area is 303 Å². The second-order valence-corrected chi connectivity index (χ2v) is 14.0. The van der Waals surface area contributed by atoms with Crippen LogP contribution in [0, 0.1) is 0 Å². The maximum atomic E-state index is 2.56. The Kier molecular flexibility index (Phi) is 6.29. The number of nitrogens with zero attached hydrogens (tertiary/aromatic N) is 2. The highest BCUT2D eigenvalue weighted by Gasteiger charge is 2.52. The minimum Gasteiger partial charge on any atom is -0.310 e. The van der Waals surface area contributed by atoms with Crippen molar-refractivity contribution in [2.75, 3.05) is 4.90 Å². The lowest BCUT2D eigenvalue weighted by Crippen LogP contribution is -2.64. The zero-order chi connectivity index (χ0) is 34.2. The predicted molar refractivity (Wildman–Crippen MR) is 218 cm³/mol. The fraction of sp³-hybridized carbons (Fsp3) is 0.0204. The van der Waals surface area contributed by atoms with E-state index in [9.17, 15) is 0 Å². The van der Waals surface area contributed by atoms with Gasteiger partial charge in [-0.15, -0.1) is 0 Å². The quantitative estimate of drug-likeness (QED) is 0.167. The molecule has 3 heterocycles. The summed E-state index contributed by atoms with van der Waals surface area (Å²) in [6.07, 6.45) is 0. The molecule has 0 N–H and O–H groups in total. The Morgan fingerprint density at radius 3 is 1.65 bits per heavy atom. The van der Waals surface area contributed by atoms with E-state index in [0.717, 1.165) is 11.4 Å². The molecule has 8 aromatic carbocycles. The van der Waals surface area contributed by atoms with E-state index in [2.05, 4.69) is 210 Å². The van der Waals surface area contributed by atoms with Gasteiger partial charge in [0.05, 0.1) is 16.6 Å². The van der Waals surface area contributed by atoms with Crippen LogP contribution >= 0.6 is 0 Å². The van der Waals surface area contributed by atoms with Gasteiger partial charge in [0, 0.05) is 33.4 Å². The van der Waals surface area contributed by atoms with E-state index in [1.54, 1.807) is 0 Å².